The zero-order valence-electron chi connectivity index (χ0n) is 18.4. The maximum absolute atomic E-state index is 13.6. The Morgan fingerprint density at radius 3 is 2.58 bits per heavy atom. The van der Waals surface area contributed by atoms with Crippen LogP contribution in [0, 0.1) is 6.92 Å². The summed E-state index contributed by atoms with van der Waals surface area (Å²) in [6.45, 7) is 1.87. The van der Waals surface area contributed by atoms with Gasteiger partial charge in [0.1, 0.15) is 0 Å². The normalized spacial score (nSPS) is 19.6. The molecule has 0 radical (unpaired) electrons. The van der Waals surface area contributed by atoms with Crippen LogP contribution in [0.3, 0.4) is 0 Å². The molecule has 0 saturated carbocycles. The minimum absolute atomic E-state index is 0.0181. The van der Waals surface area contributed by atoms with Crippen molar-refractivity contribution >= 4 is 34.9 Å². The Kier molecular flexibility index (Phi) is 5.59. The lowest BCUT2D eigenvalue weighted by Gasteiger charge is -2.34. The summed E-state index contributed by atoms with van der Waals surface area (Å²) in [6, 6.07) is 11.1. The number of rotatable bonds is 4. The molecule has 0 bridgehead atoms. The van der Waals surface area contributed by atoms with E-state index in [9.17, 15) is 4.79 Å². The summed E-state index contributed by atoms with van der Waals surface area (Å²) in [4.78, 5) is 13.6. The van der Waals surface area contributed by atoms with Gasteiger partial charge in [0, 0.05) is 33.7 Å². The highest BCUT2D eigenvalue weighted by Crippen LogP contribution is 2.50. The molecule has 1 aromatic heterocycles. The van der Waals surface area contributed by atoms with Gasteiger partial charge in [0.05, 0.1) is 25.5 Å². The molecule has 6 nitrogen and oxygen atoms in total. The lowest BCUT2D eigenvalue weighted by atomic mass is 9.72. The summed E-state index contributed by atoms with van der Waals surface area (Å²) >= 11 is 12.7. The van der Waals surface area contributed by atoms with Crippen LogP contribution in [0.25, 0.3) is 0 Å². The van der Waals surface area contributed by atoms with Crippen LogP contribution < -0.4 is 14.8 Å². The topological polar surface area (TPSA) is 73.6 Å². The number of nitrogens with one attached hydrogen (secondary N) is 1. The molecule has 0 fully saturated rings. The van der Waals surface area contributed by atoms with Crippen LogP contribution in [0.1, 0.15) is 47.1 Å². The van der Waals surface area contributed by atoms with Gasteiger partial charge in [-0.05, 0) is 54.7 Å². The Labute approximate surface area is 201 Å². The molecular formula is C25H22Cl2N2O4. The zero-order chi connectivity index (χ0) is 23.3. The molecule has 33 heavy (non-hydrogen) atoms. The third-order valence-corrected chi connectivity index (χ3v) is 6.97. The van der Waals surface area contributed by atoms with E-state index >= 15 is 0 Å². The van der Waals surface area contributed by atoms with Gasteiger partial charge in [-0.3, -0.25) is 4.79 Å². The molecule has 0 spiro atoms. The number of allylic oxidation sites excluding steroid dienone is 2. The van der Waals surface area contributed by atoms with Gasteiger partial charge in [-0.1, -0.05) is 40.5 Å². The standard InChI is InChI=1S/C25H22Cl2N2O4/c1-12-22-23(16-6-5-15(26)11-17(16)27)24-18(28-25(22)33-29-12)8-14(9-19(24)30)13-4-7-20(31-2)21(10-13)32-3/h4-7,10-11,14,23,28H,8-9H2,1-3H3/t14-,23-/m0/s1. The van der Waals surface area contributed by atoms with Crippen molar-refractivity contribution in [1.82, 2.24) is 5.16 Å². The van der Waals surface area contributed by atoms with Crippen LogP contribution in [0.5, 0.6) is 11.5 Å². The molecule has 0 saturated heterocycles. The Morgan fingerprint density at radius 1 is 1.06 bits per heavy atom. The van der Waals surface area contributed by atoms with E-state index in [4.69, 9.17) is 37.2 Å². The van der Waals surface area contributed by atoms with Crippen molar-refractivity contribution in [3.63, 3.8) is 0 Å². The highest BCUT2D eigenvalue weighted by atomic mass is 35.5. The lowest BCUT2D eigenvalue weighted by molar-refractivity contribution is -0.116. The molecule has 2 aliphatic rings. The summed E-state index contributed by atoms with van der Waals surface area (Å²) in [5.74, 6) is 1.51. The second-order valence-electron chi connectivity index (χ2n) is 8.27. The first-order chi connectivity index (χ1) is 15.9. The van der Waals surface area contributed by atoms with Crippen molar-refractivity contribution in [3.05, 3.63) is 80.1 Å². The molecule has 1 N–H and O–H groups in total. The van der Waals surface area contributed by atoms with Gasteiger partial charge in [-0.2, -0.15) is 0 Å². The predicted molar refractivity (Wildman–Crippen MR) is 127 cm³/mol. The molecular weight excluding hydrogens is 463 g/mol. The molecule has 3 aromatic rings. The fourth-order valence-corrected chi connectivity index (χ4v) is 5.38. The third kappa shape index (κ3) is 3.67. The lowest BCUT2D eigenvalue weighted by Crippen LogP contribution is -2.29. The number of hydrogen-bond acceptors (Lipinski definition) is 6. The van der Waals surface area contributed by atoms with E-state index < -0.39 is 0 Å². The summed E-state index contributed by atoms with van der Waals surface area (Å²) < 4.78 is 16.4. The molecule has 2 aromatic carbocycles. The molecule has 2 heterocycles. The van der Waals surface area contributed by atoms with E-state index in [1.54, 1.807) is 26.4 Å². The molecule has 8 heteroatoms. The highest BCUT2D eigenvalue weighted by Gasteiger charge is 2.41. The number of nitrogens with zero attached hydrogens (tertiary/aromatic N) is 1. The van der Waals surface area contributed by atoms with E-state index in [-0.39, 0.29) is 17.6 Å². The van der Waals surface area contributed by atoms with Crippen LogP contribution in [0.15, 0.2) is 52.2 Å². The molecule has 1 aliphatic carbocycles. The van der Waals surface area contributed by atoms with Gasteiger partial charge in [-0.15, -0.1) is 0 Å². The number of Topliss-reactive ketones (excluding diaryl/α,β-unsaturated/α-hetero) is 1. The second kappa shape index (κ2) is 8.43. The van der Waals surface area contributed by atoms with Gasteiger partial charge in [0.25, 0.3) is 0 Å². The van der Waals surface area contributed by atoms with E-state index in [1.807, 2.05) is 31.2 Å². The van der Waals surface area contributed by atoms with Crippen molar-refractivity contribution in [2.24, 2.45) is 0 Å². The van der Waals surface area contributed by atoms with Crippen LogP contribution in [0.4, 0.5) is 5.88 Å². The number of benzene rings is 2. The van der Waals surface area contributed by atoms with E-state index in [0.717, 1.165) is 28.1 Å². The number of aryl methyl sites for hydroxylation is 1. The number of carbonyl (C=O) groups is 1. The number of aromatic nitrogens is 1. The first kappa shape index (κ1) is 21.9. The van der Waals surface area contributed by atoms with Gasteiger partial charge in [0.2, 0.25) is 5.88 Å². The predicted octanol–water partition coefficient (Wildman–Crippen LogP) is 6.27. The number of ether oxygens (including phenoxy) is 2. The first-order valence-corrected chi connectivity index (χ1v) is 11.3. The number of halogens is 2. The maximum atomic E-state index is 13.6. The third-order valence-electron chi connectivity index (χ3n) is 6.41. The summed E-state index contributed by atoms with van der Waals surface area (Å²) in [7, 11) is 3.20. The molecule has 1 aliphatic heterocycles. The van der Waals surface area contributed by atoms with Crippen LogP contribution in [0.2, 0.25) is 10.0 Å². The minimum atomic E-state index is -0.369. The van der Waals surface area contributed by atoms with Gasteiger partial charge >= 0.3 is 0 Å². The number of fused-ring (bicyclic) bond motifs is 1. The Balaban J connectivity index is 1.60. The fraction of sp³-hybridized carbons (Fsp3) is 0.280. The van der Waals surface area contributed by atoms with Gasteiger partial charge < -0.3 is 19.3 Å². The molecule has 0 amide bonds. The average molecular weight is 485 g/mol. The minimum Gasteiger partial charge on any atom is -0.493 e. The fourth-order valence-electron chi connectivity index (χ4n) is 4.86. The second-order valence-corrected chi connectivity index (χ2v) is 9.11. The van der Waals surface area contributed by atoms with Crippen molar-refractivity contribution < 1.29 is 18.8 Å². The van der Waals surface area contributed by atoms with Crippen molar-refractivity contribution in [1.29, 1.82) is 0 Å². The number of carbonyl (C=O) groups excluding carboxylic acids is 1. The monoisotopic (exact) mass is 484 g/mol. The van der Waals surface area contributed by atoms with E-state index in [0.29, 0.717) is 45.8 Å². The number of ketones is 1. The van der Waals surface area contributed by atoms with Gasteiger partial charge in [-0.25, -0.2) is 0 Å². The van der Waals surface area contributed by atoms with Crippen molar-refractivity contribution in [3.8, 4) is 11.5 Å². The SMILES string of the molecule is COc1ccc([C@@H]2CC(=O)C3=C(C2)Nc2onc(C)c2[C@@H]3c2ccc(Cl)cc2Cl)cc1OC. The van der Waals surface area contributed by atoms with Crippen LogP contribution in [-0.4, -0.2) is 25.2 Å². The average Bonchev–Trinajstić information content (AvgIpc) is 3.17. The molecule has 2 atom stereocenters. The van der Waals surface area contributed by atoms with Crippen LogP contribution >= 0.6 is 23.2 Å². The van der Waals surface area contributed by atoms with Gasteiger partial charge in [0.15, 0.2) is 17.3 Å². The van der Waals surface area contributed by atoms with Crippen molar-refractivity contribution in [2.45, 2.75) is 31.6 Å². The Morgan fingerprint density at radius 2 is 1.85 bits per heavy atom. The maximum Gasteiger partial charge on any atom is 0.233 e. The molecule has 5 rings (SSSR count). The first-order valence-electron chi connectivity index (χ1n) is 10.6. The Hall–Kier alpha value is -2.96. The van der Waals surface area contributed by atoms with Crippen LogP contribution in [-0.2, 0) is 4.79 Å². The smallest absolute Gasteiger partial charge is 0.233 e. The molecule has 170 valence electrons. The number of hydrogen-bond donors (Lipinski definition) is 1. The largest absolute Gasteiger partial charge is 0.493 e. The summed E-state index contributed by atoms with van der Waals surface area (Å²) in [6.07, 6.45) is 1.01. The quantitative estimate of drug-likeness (QED) is 0.470. The summed E-state index contributed by atoms with van der Waals surface area (Å²) in [5.41, 5.74) is 4.89. The summed E-state index contributed by atoms with van der Waals surface area (Å²) in [5, 5.41) is 8.53. The van der Waals surface area contributed by atoms with E-state index in [1.165, 1.54) is 0 Å². The molecule has 0 unspecified atom stereocenters. The van der Waals surface area contributed by atoms with Crippen molar-refractivity contribution in [2.75, 3.05) is 19.5 Å². The van der Waals surface area contributed by atoms with E-state index in [2.05, 4.69) is 10.5 Å². The number of methoxy groups -OCH3 is 2. The number of anilines is 1. The zero-order valence-corrected chi connectivity index (χ0v) is 19.9. The Bertz CT molecular complexity index is 1300. The highest BCUT2D eigenvalue weighted by molar-refractivity contribution is 6.35.